The molecule has 0 fully saturated rings. The van der Waals surface area contributed by atoms with Crippen molar-refractivity contribution in [1.82, 2.24) is 20.1 Å². The largest absolute Gasteiger partial charge is 0.480 e. The van der Waals surface area contributed by atoms with Gasteiger partial charge in [0.25, 0.3) is 0 Å². The van der Waals surface area contributed by atoms with Crippen molar-refractivity contribution in [1.29, 1.82) is 0 Å². The number of halogens is 3. The van der Waals surface area contributed by atoms with Gasteiger partial charge in [-0.3, -0.25) is 4.79 Å². The summed E-state index contributed by atoms with van der Waals surface area (Å²) in [5.41, 5.74) is 2.00. The van der Waals surface area contributed by atoms with Gasteiger partial charge in [0.15, 0.2) is 0 Å². The van der Waals surface area contributed by atoms with E-state index in [0.717, 1.165) is 34.7 Å². The van der Waals surface area contributed by atoms with Crippen LogP contribution in [0, 0.1) is 11.6 Å². The van der Waals surface area contributed by atoms with E-state index in [1.54, 1.807) is 30.5 Å². The minimum Gasteiger partial charge on any atom is -0.480 e. The van der Waals surface area contributed by atoms with Crippen LogP contribution in [0.1, 0.15) is 11.1 Å². The summed E-state index contributed by atoms with van der Waals surface area (Å²) in [5, 5.41) is 17.3. The molecule has 1 amide bonds. The number of hydrogen-bond donors (Lipinski definition) is 3. The van der Waals surface area contributed by atoms with E-state index < -0.39 is 35.1 Å². The molecular weight excluding hydrogens is 526 g/mol. The fourth-order valence-corrected chi connectivity index (χ4v) is 4.48. The highest BCUT2D eigenvalue weighted by Gasteiger charge is 2.22. The van der Waals surface area contributed by atoms with E-state index in [2.05, 4.69) is 15.4 Å². The standard InChI is InChI=1S/C29H21ClF2N4O3/c30-19-13-22(31)27(23(32)14-19)28-17(16-36(35-28)20-6-2-1-3-7-20)10-11-26(37)34-25(29(38)39)12-18-15-33-24-9-5-4-8-21(18)24/h1-11,13-16,25,33H,12H2,(H,34,37)(H,38,39)/t25-/m0/s1. The smallest absolute Gasteiger partial charge is 0.326 e. The van der Waals surface area contributed by atoms with Crippen LogP contribution in [-0.2, 0) is 16.0 Å². The highest BCUT2D eigenvalue weighted by molar-refractivity contribution is 6.30. The van der Waals surface area contributed by atoms with Crippen LogP contribution in [0.25, 0.3) is 33.9 Å². The summed E-state index contributed by atoms with van der Waals surface area (Å²) < 4.78 is 31.0. The molecule has 0 saturated heterocycles. The van der Waals surface area contributed by atoms with Crippen molar-refractivity contribution in [3.8, 4) is 16.9 Å². The molecule has 3 aromatic carbocycles. The van der Waals surface area contributed by atoms with Crippen molar-refractivity contribution in [3.05, 3.63) is 113 Å². The predicted molar refractivity (Wildman–Crippen MR) is 145 cm³/mol. The number of aromatic amines is 1. The highest BCUT2D eigenvalue weighted by Crippen LogP contribution is 2.31. The second kappa shape index (κ2) is 10.9. The second-order valence-electron chi connectivity index (χ2n) is 8.75. The van der Waals surface area contributed by atoms with Crippen LogP contribution in [0.4, 0.5) is 8.78 Å². The summed E-state index contributed by atoms with van der Waals surface area (Å²) in [7, 11) is 0. The lowest BCUT2D eigenvalue weighted by atomic mass is 10.0. The molecule has 0 aliphatic heterocycles. The third-order valence-corrected chi connectivity index (χ3v) is 6.35. The van der Waals surface area contributed by atoms with Gasteiger partial charge in [-0.25, -0.2) is 18.3 Å². The molecule has 2 aromatic heterocycles. The van der Waals surface area contributed by atoms with Crippen molar-refractivity contribution in [2.24, 2.45) is 0 Å². The molecule has 0 saturated carbocycles. The van der Waals surface area contributed by atoms with Crippen molar-refractivity contribution < 1.29 is 23.5 Å². The van der Waals surface area contributed by atoms with E-state index in [9.17, 15) is 23.5 Å². The minimum atomic E-state index is -1.21. The second-order valence-corrected chi connectivity index (χ2v) is 9.19. The quantitative estimate of drug-likeness (QED) is 0.215. The van der Waals surface area contributed by atoms with Crippen LogP contribution in [0.15, 0.2) is 85.2 Å². The monoisotopic (exact) mass is 546 g/mol. The Kier molecular flexibility index (Phi) is 7.25. The molecule has 0 aliphatic rings. The molecule has 3 N–H and O–H groups in total. The summed E-state index contributed by atoms with van der Waals surface area (Å²) >= 11 is 5.79. The van der Waals surface area contributed by atoms with Crippen molar-refractivity contribution in [2.75, 3.05) is 0 Å². The number of benzene rings is 3. The molecule has 5 aromatic rings. The molecule has 0 bridgehead atoms. The number of nitrogens with one attached hydrogen (secondary N) is 2. The lowest BCUT2D eigenvalue weighted by Gasteiger charge is -2.13. The minimum absolute atomic E-state index is 0.0526. The lowest BCUT2D eigenvalue weighted by Crippen LogP contribution is -2.41. The normalized spacial score (nSPS) is 12.2. The van der Waals surface area contributed by atoms with E-state index in [-0.39, 0.29) is 22.7 Å². The van der Waals surface area contributed by atoms with Crippen LogP contribution in [0.3, 0.4) is 0 Å². The van der Waals surface area contributed by atoms with Gasteiger partial charge in [0, 0.05) is 46.4 Å². The van der Waals surface area contributed by atoms with Gasteiger partial charge in [-0.15, -0.1) is 0 Å². The zero-order chi connectivity index (χ0) is 27.5. The number of hydrogen-bond acceptors (Lipinski definition) is 3. The Morgan fingerprint density at radius 2 is 1.77 bits per heavy atom. The van der Waals surface area contributed by atoms with Gasteiger partial charge in [0.1, 0.15) is 23.4 Å². The number of aliphatic carboxylic acids is 1. The third kappa shape index (κ3) is 5.58. The van der Waals surface area contributed by atoms with Crippen LogP contribution in [0.5, 0.6) is 0 Å². The number of carbonyl (C=O) groups is 2. The Morgan fingerprint density at radius 1 is 1.08 bits per heavy atom. The number of amides is 1. The van der Waals surface area contributed by atoms with Crippen LogP contribution >= 0.6 is 11.6 Å². The van der Waals surface area contributed by atoms with E-state index in [0.29, 0.717) is 5.69 Å². The topological polar surface area (TPSA) is 100 Å². The molecular formula is C29H21ClF2N4O3. The first-order chi connectivity index (χ1) is 18.8. The summed E-state index contributed by atoms with van der Waals surface area (Å²) in [4.78, 5) is 27.8. The van der Waals surface area contributed by atoms with E-state index in [1.165, 1.54) is 17.0 Å². The van der Waals surface area contributed by atoms with Crippen LogP contribution in [0.2, 0.25) is 5.02 Å². The van der Waals surface area contributed by atoms with Gasteiger partial charge in [-0.1, -0.05) is 48.0 Å². The Balaban J connectivity index is 1.43. The van der Waals surface area contributed by atoms with Crippen molar-refractivity contribution >= 4 is 40.5 Å². The number of H-pyrrole nitrogens is 1. The number of carbonyl (C=O) groups excluding carboxylic acids is 1. The molecule has 196 valence electrons. The Hall–Kier alpha value is -4.76. The molecule has 0 spiro atoms. The number of fused-ring (bicyclic) bond motifs is 1. The Bertz CT molecular complexity index is 1690. The van der Waals surface area contributed by atoms with Gasteiger partial charge in [0.2, 0.25) is 5.91 Å². The molecule has 39 heavy (non-hydrogen) atoms. The molecule has 10 heteroatoms. The SMILES string of the molecule is O=C(C=Cc1cn(-c2ccccc2)nc1-c1c(F)cc(Cl)cc1F)N[C@@H](Cc1c[nH]c2ccccc12)C(=O)O. The lowest BCUT2D eigenvalue weighted by molar-refractivity contribution is -0.141. The summed E-state index contributed by atoms with van der Waals surface area (Å²) in [6, 6.07) is 17.1. The zero-order valence-electron chi connectivity index (χ0n) is 20.2. The number of rotatable bonds is 8. The molecule has 0 unspecified atom stereocenters. The molecule has 0 radical (unpaired) electrons. The van der Waals surface area contributed by atoms with Gasteiger partial charge < -0.3 is 15.4 Å². The summed E-state index contributed by atoms with van der Waals surface area (Å²) in [5.74, 6) is -3.73. The van der Waals surface area contributed by atoms with E-state index in [4.69, 9.17) is 11.6 Å². The third-order valence-electron chi connectivity index (χ3n) is 6.13. The maximum absolute atomic E-state index is 14.8. The summed E-state index contributed by atoms with van der Waals surface area (Å²) in [6.45, 7) is 0. The van der Waals surface area contributed by atoms with Crippen molar-refractivity contribution in [3.63, 3.8) is 0 Å². The fourth-order valence-electron chi connectivity index (χ4n) is 4.29. The van der Waals surface area contributed by atoms with E-state index >= 15 is 0 Å². The van der Waals surface area contributed by atoms with Crippen molar-refractivity contribution in [2.45, 2.75) is 12.5 Å². The number of nitrogens with zero attached hydrogens (tertiary/aromatic N) is 2. The molecule has 7 nitrogen and oxygen atoms in total. The van der Waals surface area contributed by atoms with Gasteiger partial charge in [-0.2, -0.15) is 5.10 Å². The zero-order valence-corrected chi connectivity index (χ0v) is 21.0. The molecule has 1 atom stereocenters. The average molecular weight is 547 g/mol. The Labute approximate surface area is 226 Å². The predicted octanol–water partition coefficient (Wildman–Crippen LogP) is 5.78. The molecule has 2 heterocycles. The number of aromatic nitrogens is 3. The van der Waals surface area contributed by atoms with Gasteiger partial charge >= 0.3 is 5.97 Å². The van der Waals surface area contributed by atoms with E-state index in [1.807, 2.05) is 30.3 Å². The molecule has 0 aliphatic carbocycles. The highest BCUT2D eigenvalue weighted by atomic mass is 35.5. The fraction of sp³-hybridized carbons (Fsp3) is 0.0690. The maximum Gasteiger partial charge on any atom is 0.326 e. The average Bonchev–Trinajstić information content (AvgIpc) is 3.51. The first-order valence-corrected chi connectivity index (χ1v) is 12.2. The Morgan fingerprint density at radius 3 is 2.49 bits per heavy atom. The molecule has 5 rings (SSSR count). The van der Waals surface area contributed by atoms with Gasteiger partial charge in [0.05, 0.1) is 11.3 Å². The van der Waals surface area contributed by atoms with Gasteiger partial charge in [-0.05, 0) is 42.0 Å². The number of para-hydroxylation sites is 2. The number of carboxylic acid groups (broad SMARTS) is 1. The first kappa shape index (κ1) is 25.9. The number of carboxylic acids is 1. The van der Waals surface area contributed by atoms with Crippen LogP contribution in [-0.4, -0.2) is 37.8 Å². The first-order valence-electron chi connectivity index (χ1n) is 11.9. The maximum atomic E-state index is 14.8. The van der Waals surface area contributed by atoms with Crippen LogP contribution < -0.4 is 5.32 Å². The summed E-state index contributed by atoms with van der Waals surface area (Å²) in [6.07, 6.45) is 5.71.